The number of rotatable bonds is 4. The molecule has 3 atom stereocenters. The molecule has 3 nitrogen and oxygen atoms in total. The maximum Gasteiger partial charge on any atom is 0.0285 e. The van der Waals surface area contributed by atoms with E-state index in [1.54, 1.807) is 0 Å². The summed E-state index contributed by atoms with van der Waals surface area (Å²) in [6.07, 6.45) is 0. The molecule has 1 heterocycles. The molecular formula is C16H27N3. The molecule has 0 saturated carbocycles. The lowest BCUT2D eigenvalue weighted by molar-refractivity contribution is 0.0664. The van der Waals surface area contributed by atoms with Crippen molar-refractivity contribution in [1.82, 2.24) is 9.80 Å². The smallest absolute Gasteiger partial charge is 0.0285 e. The van der Waals surface area contributed by atoms with Crippen LogP contribution in [0.1, 0.15) is 25.3 Å². The molecule has 0 spiro atoms. The van der Waals surface area contributed by atoms with Crippen molar-refractivity contribution in [2.75, 3.05) is 33.2 Å². The SMILES string of the molecule is CC(c1ccccc1)C(CN)N1CCN(C)C(C)C1. The van der Waals surface area contributed by atoms with Crippen molar-refractivity contribution in [1.29, 1.82) is 0 Å². The van der Waals surface area contributed by atoms with Gasteiger partial charge in [0.2, 0.25) is 0 Å². The fraction of sp³-hybridized carbons (Fsp3) is 0.625. The Hall–Kier alpha value is -0.900. The lowest BCUT2D eigenvalue weighted by atomic mass is 9.91. The number of hydrogen-bond acceptors (Lipinski definition) is 3. The van der Waals surface area contributed by atoms with Crippen LogP contribution in [0.4, 0.5) is 0 Å². The summed E-state index contributed by atoms with van der Waals surface area (Å²) in [4.78, 5) is 5.00. The highest BCUT2D eigenvalue weighted by Gasteiger charge is 2.29. The summed E-state index contributed by atoms with van der Waals surface area (Å²) in [5.41, 5.74) is 7.46. The van der Waals surface area contributed by atoms with Gasteiger partial charge in [-0.1, -0.05) is 37.3 Å². The van der Waals surface area contributed by atoms with E-state index in [1.165, 1.54) is 5.56 Å². The number of hydrogen-bond donors (Lipinski definition) is 1. The second kappa shape index (κ2) is 6.51. The molecule has 1 saturated heterocycles. The molecule has 19 heavy (non-hydrogen) atoms. The van der Waals surface area contributed by atoms with E-state index in [0.29, 0.717) is 18.0 Å². The first kappa shape index (κ1) is 14.5. The van der Waals surface area contributed by atoms with Gasteiger partial charge >= 0.3 is 0 Å². The van der Waals surface area contributed by atoms with Crippen LogP contribution < -0.4 is 5.73 Å². The van der Waals surface area contributed by atoms with Gasteiger partial charge in [0.15, 0.2) is 0 Å². The standard InChI is InChI=1S/C16H27N3/c1-13-12-19(10-9-18(13)3)16(11-17)14(2)15-7-5-4-6-8-15/h4-8,13-14,16H,9-12,17H2,1-3H3. The van der Waals surface area contributed by atoms with Crippen LogP contribution in [-0.4, -0.2) is 55.1 Å². The maximum absolute atomic E-state index is 6.07. The zero-order valence-corrected chi connectivity index (χ0v) is 12.4. The molecule has 1 fully saturated rings. The second-order valence-corrected chi connectivity index (χ2v) is 5.83. The van der Waals surface area contributed by atoms with Gasteiger partial charge in [0.25, 0.3) is 0 Å². The van der Waals surface area contributed by atoms with Crippen LogP contribution in [0, 0.1) is 0 Å². The van der Waals surface area contributed by atoms with Crippen molar-refractivity contribution in [2.45, 2.75) is 31.8 Å². The van der Waals surface area contributed by atoms with Crippen molar-refractivity contribution >= 4 is 0 Å². The van der Waals surface area contributed by atoms with Crippen LogP contribution >= 0.6 is 0 Å². The number of nitrogens with zero attached hydrogens (tertiary/aromatic N) is 2. The van der Waals surface area contributed by atoms with Crippen LogP contribution in [0.3, 0.4) is 0 Å². The van der Waals surface area contributed by atoms with Gasteiger partial charge in [-0.2, -0.15) is 0 Å². The van der Waals surface area contributed by atoms with Crippen LogP contribution in [-0.2, 0) is 0 Å². The Morgan fingerprint density at radius 2 is 1.95 bits per heavy atom. The summed E-state index contributed by atoms with van der Waals surface area (Å²) in [6.45, 7) is 8.71. The van der Waals surface area contributed by atoms with Crippen molar-refractivity contribution < 1.29 is 0 Å². The molecule has 0 aromatic heterocycles. The lowest BCUT2D eigenvalue weighted by Crippen LogP contribution is -2.56. The minimum atomic E-state index is 0.443. The van der Waals surface area contributed by atoms with Crippen LogP contribution in [0.25, 0.3) is 0 Å². The van der Waals surface area contributed by atoms with Crippen molar-refractivity contribution in [3.8, 4) is 0 Å². The van der Waals surface area contributed by atoms with Gasteiger partial charge in [-0.3, -0.25) is 4.90 Å². The molecule has 3 unspecified atom stereocenters. The number of benzene rings is 1. The molecule has 2 rings (SSSR count). The Bertz CT molecular complexity index is 379. The molecule has 1 aliphatic rings. The zero-order chi connectivity index (χ0) is 13.8. The molecule has 1 aromatic carbocycles. The molecule has 106 valence electrons. The van der Waals surface area contributed by atoms with Crippen LogP contribution in [0.5, 0.6) is 0 Å². The largest absolute Gasteiger partial charge is 0.329 e. The molecule has 2 N–H and O–H groups in total. The Balaban J connectivity index is 2.07. The van der Waals surface area contributed by atoms with Gasteiger partial charge in [-0.25, -0.2) is 0 Å². The van der Waals surface area contributed by atoms with E-state index >= 15 is 0 Å². The van der Waals surface area contributed by atoms with Gasteiger partial charge in [0.1, 0.15) is 0 Å². The third kappa shape index (κ3) is 3.35. The molecule has 0 bridgehead atoms. The van der Waals surface area contributed by atoms with E-state index in [2.05, 4.69) is 61.0 Å². The summed E-state index contributed by atoms with van der Waals surface area (Å²) >= 11 is 0. The van der Waals surface area contributed by atoms with E-state index in [1.807, 2.05) is 0 Å². The Morgan fingerprint density at radius 1 is 1.26 bits per heavy atom. The van der Waals surface area contributed by atoms with Gasteiger partial charge in [-0.05, 0) is 25.5 Å². The topological polar surface area (TPSA) is 32.5 Å². The minimum Gasteiger partial charge on any atom is -0.329 e. The monoisotopic (exact) mass is 261 g/mol. The predicted molar refractivity (Wildman–Crippen MR) is 81.4 cm³/mol. The van der Waals surface area contributed by atoms with E-state index in [4.69, 9.17) is 5.73 Å². The first-order chi connectivity index (χ1) is 9.13. The van der Waals surface area contributed by atoms with E-state index in [-0.39, 0.29) is 0 Å². The average Bonchev–Trinajstić information content (AvgIpc) is 2.44. The van der Waals surface area contributed by atoms with Crippen LogP contribution in [0.15, 0.2) is 30.3 Å². The fourth-order valence-corrected chi connectivity index (χ4v) is 3.03. The molecule has 0 aliphatic carbocycles. The fourth-order valence-electron chi connectivity index (χ4n) is 3.03. The first-order valence-electron chi connectivity index (χ1n) is 7.32. The number of nitrogens with two attached hydrogens (primary N) is 1. The molecule has 0 radical (unpaired) electrons. The summed E-state index contributed by atoms with van der Waals surface area (Å²) < 4.78 is 0. The third-order valence-electron chi connectivity index (χ3n) is 4.60. The molecule has 3 heteroatoms. The molecule has 1 aliphatic heterocycles. The maximum atomic E-state index is 6.07. The number of piperazine rings is 1. The summed E-state index contributed by atoms with van der Waals surface area (Å²) in [7, 11) is 2.21. The van der Waals surface area contributed by atoms with Crippen molar-refractivity contribution in [3.63, 3.8) is 0 Å². The summed E-state index contributed by atoms with van der Waals surface area (Å²) in [6, 6.07) is 11.8. The Kier molecular flexibility index (Phi) is 4.97. The highest BCUT2D eigenvalue weighted by atomic mass is 15.3. The Labute approximate surface area is 117 Å². The van der Waals surface area contributed by atoms with Gasteiger partial charge in [-0.15, -0.1) is 0 Å². The molecule has 1 aromatic rings. The normalized spacial score (nSPS) is 25.2. The van der Waals surface area contributed by atoms with Crippen molar-refractivity contribution in [2.24, 2.45) is 5.73 Å². The second-order valence-electron chi connectivity index (χ2n) is 5.83. The predicted octanol–water partition coefficient (Wildman–Crippen LogP) is 1.75. The zero-order valence-electron chi connectivity index (χ0n) is 12.4. The van der Waals surface area contributed by atoms with Gasteiger partial charge in [0, 0.05) is 38.3 Å². The number of likely N-dealkylation sites (N-methyl/N-ethyl adjacent to an activating group) is 1. The van der Waals surface area contributed by atoms with E-state index in [0.717, 1.165) is 26.2 Å². The van der Waals surface area contributed by atoms with Crippen molar-refractivity contribution in [3.05, 3.63) is 35.9 Å². The average molecular weight is 261 g/mol. The quantitative estimate of drug-likeness (QED) is 0.896. The molecular weight excluding hydrogens is 234 g/mol. The van der Waals surface area contributed by atoms with Gasteiger partial charge < -0.3 is 10.6 Å². The first-order valence-corrected chi connectivity index (χ1v) is 7.32. The third-order valence-corrected chi connectivity index (χ3v) is 4.60. The van der Waals surface area contributed by atoms with E-state index in [9.17, 15) is 0 Å². The summed E-state index contributed by atoms with van der Waals surface area (Å²) in [5.74, 6) is 0.488. The molecule has 0 amide bonds. The summed E-state index contributed by atoms with van der Waals surface area (Å²) in [5, 5.41) is 0. The lowest BCUT2D eigenvalue weighted by Gasteiger charge is -2.43. The minimum absolute atomic E-state index is 0.443. The van der Waals surface area contributed by atoms with Crippen LogP contribution in [0.2, 0.25) is 0 Å². The van der Waals surface area contributed by atoms with E-state index < -0.39 is 0 Å². The van der Waals surface area contributed by atoms with Gasteiger partial charge in [0.05, 0.1) is 0 Å². The highest BCUT2D eigenvalue weighted by Crippen LogP contribution is 2.24. The Morgan fingerprint density at radius 3 is 2.53 bits per heavy atom. The highest BCUT2D eigenvalue weighted by molar-refractivity contribution is 5.20.